The number of imidazole rings is 1. The van der Waals surface area contributed by atoms with E-state index in [0.29, 0.717) is 48.9 Å². The molecular formula is C28H36F3N7O2. The number of halogens is 3. The Hall–Kier alpha value is -3.41. The lowest BCUT2D eigenvalue weighted by atomic mass is 9.85. The van der Waals surface area contributed by atoms with E-state index in [0.717, 1.165) is 51.6 Å². The highest BCUT2D eigenvalue weighted by Gasteiger charge is 2.30. The first-order valence-electron chi connectivity index (χ1n) is 14.2. The van der Waals surface area contributed by atoms with Crippen molar-refractivity contribution in [2.75, 3.05) is 36.9 Å². The maximum absolute atomic E-state index is 14.4. The summed E-state index contributed by atoms with van der Waals surface area (Å²) < 4.78 is 49.6. The van der Waals surface area contributed by atoms with Crippen LogP contribution in [-0.2, 0) is 9.53 Å². The van der Waals surface area contributed by atoms with Crippen LogP contribution < -0.4 is 10.6 Å². The zero-order valence-electron chi connectivity index (χ0n) is 22.9. The van der Waals surface area contributed by atoms with Crippen molar-refractivity contribution in [2.45, 2.75) is 70.9 Å². The number of nitrogens with zero attached hydrogens (tertiary/aromatic N) is 5. The van der Waals surface area contributed by atoms with Crippen molar-refractivity contribution in [2.24, 2.45) is 5.92 Å². The smallest absolute Gasteiger partial charge is 0.225 e. The van der Waals surface area contributed by atoms with Crippen LogP contribution in [-0.4, -0.2) is 62.7 Å². The number of hydrogen-bond donors (Lipinski definition) is 2. The highest BCUT2D eigenvalue weighted by molar-refractivity contribution is 5.79. The third-order valence-electron chi connectivity index (χ3n) is 7.66. The minimum atomic E-state index is -1.06. The maximum Gasteiger partial charge on any atom is 0.225 e. The lowest BCUT2D eigenvalue weighted by molar-refractivity contribution is -0.136. The minimum absolute atomic E-state index is 0.0456. The fourth-order valence-corrected chi connectivity index (χ4v) is 5.69. The Kier molecular flexibility index (Phi) is 8.72. The first-order chi connectivity index (χ1) is 19.4. The molecule has 1 amide bonds. The number of benzene rings is 1. The molecular weight excluding hydrogens is 523 g/mol. The number of aromatic nitrogens is 4. The second kappa shape index (κ2) is 12.4. The largest absolute Gasteiger partial charge is 0.379 e. The summed E-state index contributed by atoms with van der Waals surface area (Å²) in [5.74, 6) is -2.23. The molecule has 9 nitrogen and oxygen atoms in total. The van der Waals surface area contributed by atoms with E-state index in [4.69, 9.17) is 9.72 Å². The molecule has 2 aromatic heterocycles. The molecule has 1 atom stereocenters. The molecule has 2 fully saturated rings. The summed E-state index contributed by atoms with van der Waals surface area (Å²) in [6.07, 6.45) is 7.43. The first kappa shape index (κ1) is 28.1. The summed E-state index contributed by atoms with van der Waals surface area (Å²) >= 11 is 0. The zero-order chi connectivity index (χ0) is 28.2. The monoisotopic (exact) mass is 559 g/mol. The van der Waals surface area contributed by atoms with E-state index in [1.54, 1.807) is 10.8 Å². The number of amides is 1. The molecule has 5 rings (SSSR count). The van der Waals surface area contributed by atoms with E-state index in [2.05, 4.69) is 34.4 Å². The fourth-order valence-electron chi connectivity index (χ4n) is 5.69. The standard InChI is InChI=1S/C28H36F3N7O2/c1-3-10-37(11-4-2)26(39)17-5-7-19(8-6-17)33-27-32-15-23-25(36-27)38(20-9-12-40-16-20)28(34-23)35-24-21(30)13-18(29)14-22(24)31/h13-15,17,19-20H,3-12,16H2,1-2H3,(H,34,35)(H,32,33,36)/t17-,19-,20?. The molecule has 2 aliphatic rings. The number of ether oxygens (including phenoxy) is 1. The quantitative estimate of drug-likeness (QED) is 0.335. The summed E-state index contributed by atoms with van der Waals surface area (Å²) in [6, 6.07) is 1.20. The van der Waals surface area contributed by atoms with Gasteiger partial charge in [0, 0.05) is 43.8 Å². The molecule has 12 heteroatoms. The molecule has 1 aliphatic heterocycles. The highest BCUT2D eigenvalue weighted by Crippen LogP contribution is 2.33. The summed E-state index contributed by atoms with van der Waals surface area (Å²) in [4.78, 5) is 28.7. The molecule has 1 saturated heterocycles. The molecule has 1 aromatic carbocycles. The lowest BCUT2D eigenvalue weighted by Gasteiger charge is -2.32. The molecule has 1 aliphatic carbocycles. The molecule has 1 saturated carbocycles. The fraction of sp³-hybridized carbons (Fsp3) is 0.571. The predicted molar refractivity (Wildman–Crippen MR) is 146 cm³/mol. The first-order valence-corrected chi connectivity index (χ1v) is 14.2. The van der Waals surface area contributed by atoms with Crippen molar-refractivity contribution >= 4 is 34.7 Å². The topological polar surface area (TPSA) is 97.2 Å². The van der Waals surface area contributed by atoms with E-state index in [1.165, 1.54) is 0 Å². The molecule has 3 heterocycles. The van der Waals surface area contributed by atoms with Gasteiger partial charge in [-0.05, 0) is 44.9 Å². The van der Waals surface area contributed by atoms with Gasteiger partial charge in [-0.2, -0.15) is 4.98 Å². The number of carbonyl (C=O) groups excluding carboxylic acids is 1. The number of hydrogen-bond acceptors (Lipinski definition) is 7. The highest BCUT2D eigenvalue weighted by atomic mass is 19.1. The van der Waals surface area contributed by atoms with E-state index >= 15 is 0 Å². The average Bonchev–Trinajstić information content (AvgIpc) is 3.58. The van der Waals surface area contributed by atoms with Gasteiger partial charge >= 0.3 is 0 Å². The Bertz CT molecular complexity index is 1310. The lowest BCUT2D eigenvalue weighted by Crippen LogP contribution is -2.40. The van der Waals surface area contributed by atoms with Crippen LogP contribution in [0.2, 0.25) is 0 Å². The average molecular weight is 560 g/mol. The molecule has 0 radical (unpaired) electrons. The van der Waals surface area contributed by atoms with Crippen LogP contribution in [0.3, 0.4) is 0 Å². The number of fused-ring (bicyclic) bond motifs is 1. The van der Waals surface area contributed by atoms with Crippen LogP contribution in [0.15, 0.2) is 18.3 Å². The number of carbonyl (C=O) groups is 1. The maximum atomic E-state index is 14.4. The Morgan fingerprint density at radius 1 is 1.05 bits per heavy atom. The van der Waals surface area contributed by atoms with Gasteiger partial charge in [0.05, 0.1) is 18.8 Å². The Labute approximate surface area is 231 Å². The van der Waals surface area contributed by atoms with Gasteiger partial charge in [-0.3, -0.25) is 9.36 Å². The normalized spacial score (nSPS) is 21.1. The van der Waals surface area contributed by atoms with Crippen LogP contribution in [0, 0.1) is 23.4 Å². The van der Waals surface area contributed by atoms with Gasteiger partial charge in [0.2, 0.25) is 17.8 Å². The van der Waals surface area contributed by atoms with Crippen molar-refractivity contribution in [1.82, 2.24) is 24.4 Å². The van der Waals surface area contributed by atoms with Crippen LogP contribution in [0.1, 0.15) is 64.8 Å². The molecule has 2 N–H and O–H groups in total. The van der Waals surface area contributed by atoms with E-state index in [-0.39, 0.29) is 29.9 Å². The van der Waals surface area contributed by atoms with Gasteiger partial charge in [-0.25, -0.2) is 23.1 Å². The third-order valence-corrected chi connectivity index (χ3v) is 7.66. The van der Waals surface area contributed by atoms with Gasteiger partial charge in [0.25, 0.3) is 0 Å². The molecule has 0 bridgehead atoms. The summed E-state index contributed by atoms with van der Waals surface area (Å²) in [7, 11) is 0. The van der Waals surface area contributed by atoms with Crippen molar-refractivity contribution in [3.8, 4) is 0 Å². The minimum Gasteiger partial charge on any atom is -0.379 e. The van der Waals surface area contributed by atoms with Gasteiger partial charge in [0.15, 0.2) is 17.3 Å². The summed E-state index contributed by atoms with van der Waals surface area (Å²) in [5.41, 5.74) is 0.451. The number of anilines is 3. The molecule has 0 spiro atoms. The molecule has 216 valence electrons. The molecule has 40 heavy (non-hydrogen) atoms. The van der Waals surface area contributed by atoms with Gasteiger partial charge in [-0.15, -0.1) is 0 Å². The van der Waals surface area contributed by atoms with E-state index in [9.17, 15) is 18.0 Å². The third kappa shape index (κ3) is 6.01. The predicted octanol–water partition coefficient (Wildman–Crippen LogP) is 5.57. The Balaban J connectivity index is 1.33. The summed E-state index contributed by atoms with van der Waals surface area (Å²) in [6.45, 7) is 6.72. The van der Waals surface area contributed by atoms with Gasteiger partial charge < -0.3 is 20.3 Å². The molecule has 1 unspecified atom stereocenters. The molecule has 3 aromatic rings. The number of nitrogens with one attached hydrogen (secondary N) is 2. The van der Waals surface area contributed by atoms with Crippen LogP contribution >= 0.6 is 0 Å². The zero-order valence-corrected chi connectivity index (χ0v) is 22.9. The second-order valence-electron chi connectivity index (χ2n) is 10.6. The van der Waals surface area contributed by atoms with Crippen LogP contribution in [0.5, 0.6) is 0 Å². The second-order valence-corrected chi connectivity index (χ2v) is 10.6. The van der Waals surface area contributed by atoms with Crippen LogP contribution in [0.4, 0.5) is 30.8 Å². The summed E-state index contributed by atoms with van der Waals surface area (Å²) in [5, 5.41) is 6.11. The SMILES string of the molecule is CCCN(CCC)C(=O)[C@H]1CC[C@H](Nc2ncc3nc(Nc4c(F)cc(F)cc4F)n(C4CCOC4)c3n2)CC1. The van der Waals surface area contributed by atoms with Gasteiger partial charge in [-0.1, -0.05) is 13.8 Å². The van der Waals surface area contributed by atoms with Crippen molar-refractivity contribution in [1.29, 1.82) is 0 Å². The van der Waals surface area contributed by atoms with E-state index < -0.39 is 23.1 Å². The van der Waals surface area contributed by atoms with Crippen molar-refractivity contribution in [3.63, 3.8) is 0 Å². The Morgan fingerprint density at radius 2 is 1.75 bits per heavy atom. The van der Waals surface area contributed by atoms with Gasteiger partial charge in [0.1, 0.15) is 17.0 Å². The van der Waals surface area contributed by atoms with Crippen molar-refractivity contribution < 1.29 is 22.7 Å². The van der Waals surface area contributed by atoms with Crippen LogP contribution in [0.25, 0.3) is 11.2 Å². The Morgan fingerprint density at radius 3 is 2.38 bits per heavy atom. The number of rotatable bonds is 10. The van der Waals surface area contributed by atoms with Crippen molar-refractivity contribution in [3.05, 3.63) is 35.8 Å². The van der Waals surface area contributed by atoms with E-state index in [1.807, 2.05) is 4.90 Å².